The van der Waals surface area contributed by atoms with Crippen LogP contribution in [0.2, 0.25) is 0 Å². The second-order valence-electron chi connectivity index (χ2n) is 10.8. The molecule has 0 fully saturated rings. The van der Waals surface area contributed by atoms with Gasteiger partial charge in [0, 0.05) is 20.1 Å². The van der Waals surface area contributed by atoms with Crippen molar-refractivity contribution in [3.05, 3.63) is 124 Å². The Hall–Kier alpha value is -3.93. The molecule has 5 rings (SSSR count). The number of carboxylic acids is 1. The standard InChI is InChI=1S/C36H39NO4/c1-4-25-10-13-28-14-15-30-24-29(27-8-6-5-7-9-27)16-19-32(30)35(33(28)22-25)37(2)20-21-41-31-17-11-26(12-18-31)23-34(40-3)36(38)39/h5-13,16-19,22,24,34-35H,4,14-15,20-21,23H2,1-3H3,(H,38,39). The van der Waals surface area contributed by atoms with Crippen LogP contribution in [0.1, 0.15) is 46.3 Å². The summed E-state index contributed by atoms with van der Waals surface area (Å²) in [5, 5.41) is 9.25. The van der Waals surface area contributed by atoms with Crippen LogP contribution in [-0.2, 0) is 35.2 Å². The van der Waals surface area contributed by atoms with Crippen molar-refractivity contribution in [2.75, 3.05) is 27.3 Å². The molecule has 4 aromatic carbocycles. The molecule has 0 spiro atoms. The molecule has 0 bridgehead atoms. The molecule has 1 N–H and O–H groups in total. The fraction of sp³-hybridized carbons (Fsp3) is 0.306. The highest BCUT2D eigenvalue weighted by atomic mass is 16.5. The first-order valence-electron chi connectivity index (χ1n) is 14.4. The van der Waals surface area contributed by atoms with E-state index in [1.165, 1.54) is 46.1 Å². The maximum absolute atomic E-state index is 11.3. The second-order valence-corrected chi connectivity index (χ2v) is 10.8. The fourth-order valence-corrected chi connectivity index (χ4v) is 5.80. The van der Waals surface area contributed by atoms with E-state index in [4.69, 9.17) is 9.47 Å². The number of ether oxygens (including phenoxy) is 2. The average molecular weight is 550 g/mol. The molecule has 0 saturated heterocycles. The number of aliphatic carboxylic acids is 1. The summed E-state index contributed by atoms with van der Waals surface area (Å²) in [6, 6.07) is 32.4. The molecule has 0 heterocycles. The van der Waals surface area contributed by atoms with E-state index in [9.17, 15) is 9.90 Å². The van der Waals surface area contributed by atoms with Crippen LogP contribution in [0.4, 0.5) is 0 Å². The predicted molar refractivity (Wildman–Crippen MR) is 164 cm³/mol. The van der Waals surface area contributed by atoms with Crippen molar-refractivity contribution in [3.8, 4) is 16.9 Å². The number of aryl methyl sites for hydroxylation is 3. The van der Waals surface area contributed by atoms with Gasteiger partial charge < -0.3 is 14.6 Å². The normalized spacial score (nSPS) is 15.1. The summed E-state index contributed by atoms with van der Waals surface area (Å²) in [4.78, 5) is 13.7. The number of hydrogen-bond acceptors (Lipinski definition) is 4. The summed E-state index contributed by atoms with van der Waals surface area (Å²) < 4.78 is 11.2. The van der Waals surface area contributed by atoms with Gasteiger partial charge in [0.1, 0.15) is 12.4 Å². The lowest BCUT2D eigenvalue weighted by Crippen LogP contribution is -2.30. The van der Waals surface area contributed by atoms with Gasteiger partial charge in [-0.05, 0) is 83.0 Å². The Labute approximate surface area is 243 Å². The Morgan fingerprint density at radius 2 is 1.61 bits per heavy atom. The number of hydrogen-bond donors (Lipinski definition) is 1. The number of rotatable bonds is 11. The molecule has 4 aromatic rings. The van der Waals surface area contributed by atoms with E-state index in [-0.39, 0.29) is 6.04 Å². The van der Waals surface area contributed by atoms with Gasteiger partial charge in [0.05, 0.1) is 6.04 Å². The Balaban J connectivity index is 1.35. The molecule has 0 aromatic heterocycles. The molecule has 1 aliphatic rings. The van der Waals surface area contributed by atoms with Gasteiger partial charge in [0.15, 0.2) is 6.10 Å². The lowest BCUT2D eigenvalue weighted by atomic mass is 9.90. The zero-order valence-electron chi connectivity index (χ0n) is 24.2. The molecule has 5 heteroatoms. The predicted octanol–water partition coefficient (Wildman–Crippen LogP) is 6.76. The average Bonchev–Trinajstić information content (AvgIpc) is 3.16. The van der Waals surface area contributed by atoms with Crippen LogP contribution >= 0.6 is 0 Å². The summed E-state index contributed by atoms with van der Waals surface area (Å²) in [6.45, 7) is 3.52. The van der Waals surface area contributed by atoms with Gasteiger partial charge in [-0.3, -0.25) is 4.90 Å². The van der Waals surface area contributed by atoms with E-state index in [0.29, 0.717) is 13.0 Å². The fourth-order valence-electron chi connectivity index (χ4n) is 5.80. The van der Waals surface area contributed by atoms with Crippen molar-refractivity contribution < 1.29 is 19.4 Å². The van der Waals surface area contributed by atoms with E-state index in [2.05, 4.69) is 85.6 Å². The number of methoxy groups -OCH3 is 1. The third-order valence-electron chi connectivity index (χ3n) is 8.18. The van der Waals surface area contributed by atoms with Gasteiger partial charge in [0.2, 0.25) is 0 Å². The number of fused-ring (bicyclic) bond motifs is 2. The van der Waals surface area contributed by atoms with Crippen molar-refractivity contribution in [1.82, 2.24) is 4.90 Å². The van der Waals surface area contributed by atoms with Gasteiger partial charge in [-0.25, -0.2) is 4.79 Å². The maximum Gasteiger partial charge on any atom is 0.333 e. The van der Waals surface area contributed by atoms with Crippen molar-refractivity contribution in [1.29, 1.82) is 0 Å². The van der Waals surface area contributed by atoms with Crippen LogP contribution in [0.25, 0.3) is 11.1 Å². The lowest BCUT2D eigenvalue weighted by Gasteiger charge is -2.31. The smallest absolute Gasteiger partial charge is 0.333 e. The van der Waals surface area contributed by atoms with E-state index in [0.717, 1.165) is 37.1 Å². The van der Waals surface area contributed by atoms with Crippen LogP contribution in [0.5, 0.6) is 5.75 Å². The third kappa shape index (κ3) is 6.70. The molecule has 0 radical (unpaired) electrons. The molecule has 5 nitrogen and oxygen atoms in total. The zero-order valence-corrected chi connectivity index (χ0v) is 24.2. The quantitative estimate of drug-likeness (QED) is 0.224. The van der Waals surface area contributed by atoms with Gasteiger partial charge in [-0.2, -0.15) is 0 Å². The summed E-state index contributed by atoms with van der Waals surface area (Å²) >= 11 is 0. The molecule has 0 amide bonds. The molecule has 0 aliphatic heterocycles. The Morgan fingerprint density at radius 3 is 2.32 bits per heavy atom. The lowest BCUT2D eigenvalue weighted by molar-refractivity contribution is -0.148. The van der Waals surface area contributed by atoms with Gasteiger partial charge >= 0.3 is 5.97 Å². The van der Waals surface area contributed by atoms with Crippen LogP contribution in [0, 0.1) is 0 Å². The van der Waals surface area contributed by atoms with Crippen molar-refractivity contribution in [2.45, 2.75) is 44.8 Å². The highest BCUT2D eigenvalue weighted by Gasteiger charge is 2.27. The Bertz CT molecular complexity index is 1470. The number of carboxylic acid groups (broad SMARTS) is 1. The number of likely N-dealkylation sites (N-methyl/N-ethyl adjacent to an activating group) is 1. The highest BCUT2D eigenvalue weighted by molar-refractivity contribution is 5.72. The van der Waals surface area contributed by atoms with Crippen LogP contribution in [-0.4, -0.2) is 49.4 Å². The molecular weight excluding hydrogens is 510 g/mol. The number of nitrogens with zero attached hydrogens (tertiary/aromatic N) is 1. The highest BCUT2D eigenvalue weighted by Crippen LogP contribution is 2.38. The van der Waals surface area contributed by atoms with Crippen molar-refractivity contribution in [2.24, 2.45) is 0 Å². The third-order valence-corrected chi connectivity index (χ3v) is 8.18. The first kappa shape index (κ1) is 28.6. The summed E-state index contributed by atoms with van der Waals surface area (Å²) in [5.74, 6) is -0.186. The maximum atomic E-state index is 11.3. The van der Waals surface area contributed by atoms with Crippen molar-refractivity contribution in [3.63, 3.8) is 0 Å². The molecule has 41 heavy (non-hydrogen) atoms. The molecule has 0 saturated carbocycles. The molecular formula is C36H39NO4. The number of benzene rings is 4. The van der Waals surface area contributed by atoms with E-state index in [1.54, 1.807) is 0 Å². The van der Waals surface area contributed by atoms with Gasteiger partial charge in [0.25, 0.3) is 0 Å². The first-order chi connectivity index (χ1) is 20.0. The summed E-state index contributed by atoms with van der Waals surface area (Å²) in [5.41, 5.74) is 10.4. The monoisotopic (exact) mass is 549 g/mol. The summed E-state index contributed by atoms with van der Waals surface area (Å²) in [7, 11) is 3.61. The molecule has 212 valence electrons. The van der Waals surface area contributed by atoms with Crippen LogP contribution < -0.4 is 4.74 Å². The minimum absolute atomic E-state index is 0.145. The zero-order chi connectivity index (χ0) is 28.8. The Kier molecular flexibility index (Phi) is 9.17. The Morgan fingerprint density at radius 1 is 0.878 bits per heavy atom. The molecule has 2 atom stereocenters. The van der Waals surface area contributed by atoms with Crippen LogP contribution in [0.3, 0.4) is 0 Å². The second kappa shape index (κ2) is 13.2. The van der Waals surface area contributed by atoms with E-state index in [1.807, 2.05) is 24.3 Å². The van der Waals surface area contributed by atoms with Gasteiger partial charge in [-0.15, -0.1) is 0 Å². The minimum atomic E-state index is -0.958. The summed E-state index contributed by atoms with van der Waals surface area (Å²) in [6.07, 6.45) is 2.54. The topological polar surface area (TPSA) is 59.0 Å². The van der Waals surface area contributed by atoms with Gasteiger partial charge in [-0.1, -0.05) is 85.8 Å². The molecule has 2 unspecified atom stereocenters. The van der Waals surface area contributed by atoms with Crippen LogP contribution in [0.15, 0.2) is 91.0 Å². The number of carbonyl (C=O) groups is 1. The van der Waals surface area contributed by atoms with E-state index < -0.39 is 12.1 Å². The first-order valence-corrected chi connectivity index (χ1v) is 14.4. The van der Waals surface area contributed by atoms with E-state index >= 15 is 0 Å². The van der Waals surface area contributed by atoms with Crippen molar-refractivity contribution >= 4 is 5.97 Å². The molecule has 1 aliphatic carbocycles. The minimum Gasteiger partial charge on any atom is -0.492 e. The SMILES string of the molecule is CCc1ccc2c(c1)C(N(C)CCOc1ccc(CC(OC)C(=O)O)cc1)c1ccc(-c3ccccc3)cc1CC2. The largest absolute Gasteiger partial charge is 0.492 e.